The van der Waals surface area contributed by atoms with Gasteiger partial charge in [-0.2, -0.15) is 0 Å². The molecule has 460 valence electrons. The summed E-state index contributed by atoms with van der Waals surface area (Å²) < 4.78 is 34.3. The molecule has 0 saturated heterocycles. The number of unbranched alkanes of at least 4 members (excludes halogenated alkanes) is 43. The Bertz CT molecular complexity index is 1410. The van der Waals surface area contributed by atoms with Gasteiger partial charge in [-0.1, -0.05) is 288 Å². The predicted molar refractivity (Wildman–Crippen MR) is 333 cm³/mol. The Balaban J connectivity index is 4.03. The summed E-state index contributed by atoms with van der Waals surface area (Å²) in [6.07, 6.45) is 75.0. The third-order valence-electron chi connectivity index (χ3n) is 15.1. The number of rotatable bonds is 63. The number of phosphoric acid groups is 1. The SMILES string of the molecule is CCCCCCC/C=C\C/C=C\CCCCCCCCCCCCCCCC(=O)OC(COC(=O)CCCCCCCCCCCCCCCCCCC/C=C\CCCCCCCCCC)COP(=O)([O-])OCC[N+](C)(C)C. The molecule has 0 heterocycles. The van der Waals surface area contributed by atoms with Gasteiger partial charge in [-0.05, 0) is 70.6 Å². The van der Waals surface area contributed by atoms with Crippen molar-refractivity contribution < 1.29 is 42.1 Å². The molecule has 0 aliphatic rings. The van der Waals surface area contributed by atoms with Crippen LogP contribution < -0.4 is 4.89 Å². The zero-order valence-electron chi connectivity index (χ0n) is 52.4. The van der Waals surface area contributed by atoms with Crippen molar-refractivity contribution >= 4 is 19.8 Å². The van der Waals surface area contributed by atoms with Crippen LogP contribution in [0.5, 0.6) is 0 Å². The van der Waals surface area contributed by atoms with E-state index >= 15 is 0 Å². The normalized spacial score (nSPS) is 13.4. The first-order valence-corrected chi connectivity index (χ1v) is 35.2. The number of esters is 2. The zero-order valence-corrected chi connectivity index (χ0v) is 53.3. The van der Waals surface area contributed by atoms with Gasteiger partial charge in [0.25, 0.3) is 7.82 Å². The molecule has 0 N–H and O–H groups in total. The molecule has 0 fully saturated rings. The maximum Gasteiger partial charge on any atom is 0.306 e. The van der Waals surface area contributed by atoms with E-state index in [9.17, 15) is 19.0 Å². The molecule has 0 aliphatic heterocycles. The second kappa shape index (κ2) is 59.8. The highest BCUT2D eigenvalue weighted by Gasteiger charge is 2.22. The summed E-state index contributed by atoms with van der Waals surface area (Å²) in [5.74, 6) is -0.816. The molecule has 0 rings (SSSR count). The van der Waals surface area contributed by atoms with Gasteiger partial charge >= 0.3 is 11.9 Å². The molecule has 0 amide bonds. The van der Waals surface area contributed by atoms with E-state index in [0.717, 1.165) is 44.9 Å². The lowest BCUT2D eigenvalue weighted by Crippen LogP contribution is -2.37. The van der Waals surface area contributed by atoms with Crippen molar-refractivity contribution in [1.82, 2.24) is 0 Å². The summed E-state index contributed by atoms with van der Waals surface area (Å²) in [6, 6.07) is 0. The third kappa shape index (κ3) is 63.4. The minimum atomic E-state index is -4.64. The molecular formula is C68H130NO8P. The van der Waals surface area contributed by atoms with Gasteiger partial charge in [0.2, 0.25) is 0 Å². The van der Waals surface area contributed by atoms with E-state index in [1.165, 1.54) is 257 Å². The third-order valence-corrected chi connectivity index (χ3v) is 16.1. The summed E-state index contributed by atoms with van der Waals surface area (Å²) in [5, 5.41) is 0. The Morgan fingerprint density at radius 2 is 0.692 bits per heavy atom. The number of likely N-dealkylation sites (N-methyl/N-ethyl adjacent to an activating group) is 1. The van der Waals surface area contributed by atoms with Crippen molar-refractivity contribution in [2.45, 2.75) is 341 Å². The number of phosphoric ester groups is 1. The molecule has 0 aromatic rings. The van der Waals surface area contributed by atoms with Crippen LogP contribution in [0.3, 0.4) is 0 Å². The molecule has 2 atom stereocenters. The molecule has 9 nitrogen and oxygen atoms in total. The molecule has 78 heavy (non-hydrogen) atoms. The quantitative estimate of drug-likeness (QED) is 0.0195. The Kier molecular flexibility index (Phi) is 58.5. The molecule has 0 aromatic heterocycles. The van der Waals surface area contributed by atoms with Gasteiger partial charge in [0.05, 0.1) is 27.7 Å². The number of hydrogen-bond acceptors (Lipinski definition) is 8. The second-order valence-corrected chi connectivity index (χ2v) is 25.6. The fourth-order valence-electron chi connectivity index (χ4n) is 9.92. The maximum atomic E-state index is 12.8. The molecule has 0 bridgehead atoms. The van der Waals surface area contributed by atoms with Crippen LogP contribution in [0.25, 0.3) is 0 Å². The summed E-state index contributed by atoms with van der Waals surface area (Å²) in [5.41, 5.74) is 0. The van der Waals surface area contributed by atoms with Crippen molar-refractivity contribution in [3.8, 4) is 0 Å². The minimum Gasteiger partial charge on any atom is -0.756 e. The number of nitrogens with zero attached hydrogens (tertiary/aromatic N) is 1. The predicted octanol–water partition coefficient (Wildman–Crippen LogP) is 20.9. The van der Waals surface area contributed by atoms with Gasteiger partial charge in [-0.15, -0.1) is 0 Å². The van der Waals surface area contributed by atoms with Gasteiger partial charge < -0.3 is 27.9 Å². The van der Waals surface area contributed by atoms with Crippen molar-refractivity contribution in [2.24, 2.45) is 0 Å². The monoisotopic (exact) mass is 1120 g/mol. The number of carbonyl (C=O) groups is 2. The second-order valence-electron chi connectivity index (χ2n) is 24.2. The molecule has 0 spiro atoms. The summed E-state index contributed by atoms with van der Waals surface area (Å²) in [7, 11) is 1.18. The van der Waals surface area contributed by atoms with Gasteiger partial charge in [-0.25, -0.2) is 0 Å². The van der Waals surface area contributed by atoms with E-state index in [4.69, 9.17) is 18.5 Å². The number of hydrogen-bond donors (Lipinski definition) is 0. The van der Waals surface area contributed by atoms with E-state index in [2.05, 4.69) is 50.3 Å². The van der Waals surface area contributed by atoms with E-state index in [1.807, 2.05) is 21.1 Å². The Morgan fingerprint density at radius 1 is 0.397 bits per heavy atom. The topological polar surface area (TPSA) is 111 Å². The van der Waals surface area contributed by atoms with Crippen molar-refractivity contribution in [3.05, 3.63) is 36.5 Å². The van der Waals surface area contributed by atoms with Gasteiger partial charge in [0, 0.05) is 12.8 Å². The lowest BCUT2D eigenvalue weighted by atomic mass is 10.0. The van der Waals surface area contributed by atoms with Crippen LogP contribution in [-0.4, -0.2) is 70.0 Å². The average molecular weight is 1120 g/mol. The fourth-order valence-corrected chi connectivity index (χ4v) is 10.6. The van der Waals surface area contributed by atoms with Crippen molar-refractivity contribution in [1.29, 1.82) is 0 Å². The van der Waals surface area contributed by atoms with Crippen LogP contribution in [0.1, 0.15) is 335 Å². The average Bonchev–Trinajstić information content (AvgIpc) is 3.40. The Morgan fingerprint density at radius 3 is 1.03 bits per heavy atom. The van der Waals surface area contributed by atoms with Crippen LogP contribution in [0.15, 0.2) is 36.5 Å². The van der Waals surface area contributed by atoms with Gasteiger partial charge in [0.15, 0.2) is 6.10 Å². The number of allylic oxidation sites excluding steroid dienone is 6. The van der Waals surface area contributed by atoms with E-state index in [-0.39, 0.29) is 32.0 Å². The number of ether oxygens (including phenoxy) is 2. The van der Waals surface area contributed by atoms with Crippen LogP contribution in [0.2, 0.25) is 0 Å². The van der Waals surface area contributed by atoms with Crippen LogP contribution >= 0.6 is 7.82 Å². The number of carbonyl (C=O) groups excluding carboxylic acids is 2. The lowest BCUT2D eigenvalue weighted by Gasteiger charge is -2.28. The highest BCUT2D eigenvalue weighted by atomic mass is 31.2. The lowest BCUT2D eigenvalue weighted by molar-refractivity contribution is -0.870. The van der Waals surface area contributed by atoms with Crippen LogP contribution in [0, 0.1) is 0 Å². The van der Waals surface area contributed by atoms with E-state index in [1.54, 1.807) is 0 Å². The van der Waals surface area contributed by atoms with Crippen molar-refractivity contribution in [3.63, 3.8) is 0 Å². The molecule has 0 saturated carbocycles. The summed E-state index contributed by atoms with van der Waals surface area (Å²) in [6.45, 7) is 4.29. The molecule has 0 radical (unpaired) electrons. The van der Waals surface area contributed by atoms with Crippen LogP contribution in [-0.2, 0) is 32.7 Å². The molecular weight excluding hydrogens is 990 g/mol. The van der Waals surface area contributed by atoms with E-state index < -0.39 is 26.5 Å². The summed E-state index contributed by atoms with van der Waals surface area (Å²) in [4.78, 5) is 38.0. The first-order valence-electron chi connectivity index (χ1n) is 33.7. The smallest absolute Gasteiger partial charge is 0.306 e. The van der Waals surface area contributed by atoms with E-state index in [0.29, 0.717) is 17.4 Å². The summed E-state index contributed by atoms with van der Waals surface area (Å²) >= 11 is 0. The zero-order chi connectivity index (χ0) is 57.0. The van der Waals surface area contributed by atoms with Crippen LogP contribution in [0.4, 0.5) is 0 Å². The van der Waals surface area contributed by atoms with Gasteiger partial charge in [-0.3, -0.25) is 14.2 Å². The standard InChI is InChI=1S/C68H130NO8P/c1-6-8-10-12-14-16-18-20-22-24-26-28-30-32-33-34-35-37-38-40-42-44-46-48-50-52-54-56-58-60-67(70)74-64-66(65-76-78(72,73)75-63-62-69(3,4)5)77-68(71)61-59-57-55-53-51-49-47-45-43-41-39-36-31-29-27-25-23-21-19-17-15-13-11-9-7-2/h19,21,24-27,66H,6-18,20,22-23,28-65H2,1-5H3/b21-19-,26-24-,27-25-. The highest BCUT2D eigenvalue weighted by Crippen LogP contribution is 2.38. The van der Waals surface area contributed by atoms with Gasteiger partial charge in [0.1, 0.15) is 19.8 Å². The molecule has 10 heteroatoms. The molecule has 2 unspecified atom stereocenters. The first kappa shape index (κ1) is 76.2. The van der Waals surface area contributed by atoms with Crippen molar-refractivity contribution in [2.75, 3.05) is 47.5 Å². The highest BCUT2D eigenvalue weighted by molar-refractivity contribution is 7.45. The molecule has 0 aliphatic carbocycles. The number of quaternary nitrogens is 1. The maximum absolute atomic E-state index is 12.8. The fraction of sp³-hybridized carbons (Fsp3) is 0.882. The largest absolute Gasteiger partial charge is 0.756 e. The Hall–Kier alpha value is -1.77. The molecule has 0 aromatic carbocycles. The minimum absolute atomic E-state index is 0.0290. The first-order chi connectivity index (χ1) is 38.0. The Labute approximate surface area is 484 Å².